The van der Waals surface area contributed by atoms with Gasteiger partial charge in [-0.25, -0.2) is 14.8 Å². The predicted octanol–water partition coefficient (Wildman–Crippen LogP) is 4.38. The van der Waals surface area contributed by atoms with Gasteiger partial charge in [0.25, 0.3) is 0 Å². The molecule has 3 rings (SSSR count). The van der Waals surface area contributed by atoms with Gasteiger partial charge in [-0.05, 0) is 52.8 Å². The Bertz CT molecular complexity index is 1280. The average Bonchev–Trinajstić information content (AvgIpc) is 3.19. The number of nitrogens with one attached hydrogen (secondary N) is 2. The number of hydrogen-bond donors (Lipinski definition) is 3. The number of benzene rings is 1. The predicted molar refractivity (Wildman–Crippen MR) is 147 cm³/mol. The van der Waals surface area contributed by atoms with Crippen LogP contribution >= 0.6 is 0 Å². The SMILES string of the molecule is C=C(OC(C)(C)C)N(C)CCCNc1ncnc2[nH]c(O)c(C=Nc3cccc(OCC(=O)OCC)c3)c12. The quantitative estimate of drug-likeness (QED) is 0.129. The van der Waals surface area contributed by atoms with E-state index in [1.807, 2.05) is 32.7 Å². The van der Waals surface area contributed by atoms with Crippen LogP contribution in [0.4, 0.5) is 11.5 Å². The highest BCUT2D eigenvalue weighted by Crippen LogP contribution is 2.30. The molecular formula is C27H36N6O5. The number of H-pyrrole nitrogens is 1. The van der Waals surface area contributed by atoms with Crippen LogP contribution in [0.25, 0.3) is 11.0 Å². The fourth-order valence-electron chi connectivity index (χ4n) is 3.51. The van der Waals surface area contributed by atoms with Crippen molar-refractivity contribution in [3.63, 3.8) is 0 Å². The second-order valence-corrected chi connectivity index (χ2v) is 9.49. The number of ether oxygens (including phenoxy) is 3. The number of rotatable bonds is 13. The normalized spacial score (nSPS) is 11.5. The maximum atomic E-state index is 11.5. The number of aromatic hydroxyl groups is 1. The Morgan fingerprint density at radius 3 is 2.84 bits per heavy atom. The van der Waals surface area contributed by atoms with Gasteiger partial charge in [-0.3, -0.25) is 4.99 Å². The molecule has 0 atom stereocenters. The summed E-state index contributed by atoms with van der Waals surface area (Å²) in [6, 6.07) is 6.95. The van der Waals surface area contributed by atoms with Crippen molar-refractivity contribution in [2.45, 2.75) is 39.7 Å². The monoisotopic (exact) mass is 524 g/mol. The molecule has 0 bridgehead atoms. The molecule has 11 nitrogen and oxygen atoms in total. The van der Waals surface area contributed by atoms with E-state index in [4.69, 9.17) is 14.2 Å². The Kier molecular flexibility index (Phi) is 9.53. The van der Waals surface area contributed by atoms with Crippen molar-refractivity contribution in [2.24, 2.45) is 4.99 Å². The van der Waals surface area contributed by atoms with Crippen molar-refractivity contribution in [1.82, 2.24) is 19.9 Å². The summed E-state index contributed by atoms with van der Waals surface area (Å²) in [6.07, 6.45) is 3.76. The third-order valence-electron chi connectivity index (χ3n) is 5.24. The van der Waals surface area contributed by atoms with E-state index >= 15 is 0 Å². The first kappa shape index (κ1) is 28.3. The first-order valence-corrected chi connectivity index (χ1v) is 12.4. The standard InChI is InChI=1S/C27H36N6O5/c1-7-36-22(34)16-37-20-11-8-10-19(14-20)29-15-21-23-24(30-17-31-25(23)32-26(21)35)28-12-9-13-33(6)18(2)38-27(3,4)5/h8,10-11,14-15,17,35H,2,7,9,12-13,16H2,1,3-6H3,(H2,28,30,31,32). The molecule has 2 aromatic heterocycles. The summed E-state index contributed by atoms with van der Waals surface area (Å²) in [5.74, 6) is 1.15. The minimum Gasteiger partial charge on any atom is -0.494 e. The van der Waals surface area contributed by atoms with Crippen LogP contribution in [0.15, 0.2) is 48.0 Å². The lowest BCUT2D eigenvalue weighted by atomic mass is 10.2. The van der Waals surface area contributed by atoms with Gasteiger partial charge in [0.1, 0.15) is 29.1 Å². The molecule has 0 fully saturated rings. The molecule has 1 aromatic carbocycles. The molecule has 0 saturated heterocycles. The maximum absolute atomic E-state index is 11.5. The third-order valence-corrected chi connectivity index (χ3v) is 5.24. The second-order valence-electron chi connectivity index (χ2n) is 9.49. The summed E-state index contributed by atoms with van der Waals surface area (Å²) < 4.78 is 16.2. The molecule has 0 radical (unpaired) electrons. The van der Waals surface area contributed by atoms with Gasteiger partial charge in [0.05, 0.1) is 23.2 Å². The molecule has 11 heteroatoms. The number of anilines is 1. The molecular weight excluding hydrogens is 488 g/mol. The minimum absolute atomic E-state index is 0.0719. The fourth-order valence-corrected chi connectivity index (χ4v) is 3.51. The number of nitrogens with zero attached hydrogens (tertiary/aromatic N) is 4. The Morgan fingerprint density at radius 2 is 2.11 bits per heavy atom. The molecule has 38 heavy (non-hydrogen) atoms. The molecule has 2 heterocycles. The summed E-state index contributed by atoms with van der Waals surface area (Å²) in [6.45, 7) is 13.1. The first-order chi connectivity index (χ1) is 18.1. The zero-order valence-corrected chi connectivity index (χ0v) is 22.6. The number of aliphatic imine (C=N–C) groups is 1. The molecule has 0 aliphatic carbocycles. The molecule has 0 aliphatic rings. The molecule has 0 unspecified atom stereocenters. The van der Waals surface area contributed by atoms with Crippen LogP contribution in [-0.4, -0.2) is 76.1 Å². The van der Waals surface area contributed by atoms with Gasteiger partial charge in [0.2, 0.25) is 0 Å². The van der Waals surface area contributed by atoms with Gasteiger partial charge >= 0.3 is 5.97 Å². The number of hydrogen-bond acceptors (Lipinski definition) is 10. The lowest BCUT2D eigenvalue weighted by Gasteiger charge is -2.28. The van der Waals surface area contributed by atoms with Crippen LogP contribution in [0.5, 0.6) is 11.6 Å². The summed E-state index contributed by atoms with van der Waals surface area (Å²) in [7, 11) is 1.94. The number of carbonyl (C=O) groups excluding carboxylic acids is 1. The molecule has 0 aliphatic heterocycles. The summed E-state index contributed by atoms with van der Waals surface area (Å²) in [4.78, 5) is 29.5. The van der Waals surface area contributed by atoms with E-state index in [1.165, 1.54) is 12.5 Å². The number of aromatic nitrogens is 3. The number of carbonyl (C=O) groups is 1. The van der Waals surface area contributed by atoms with Crippen molar-refractivity contribution in [3.8, 4) is 11.6 Å². The lowest BCUT2D eigenvalue weighted by molar-refractivity contribution is -0.145. The molecule has 3 N–H and O–H groups in total. The van der Waals surface area contributed by atoms with E-state index in [0.717, 1.165) is 13.0 Å². The largest absolute Gasteiger partial charge is 0.494 e. The van der Waals surface area contributed by atoms with Gasteiger partial charge in [-0.15, -0.1) is 0 Å². The second kappa shape index (κ2) is 12.8. The third kappa shape index (κ3) is 8.12. The van der Waals surface area contributed by atoms with E-state index in [-0.39, 0.29) is 18.1 Å². The van der Waals surface area contributed by atoms with E-state index < -0.39 is 5.97 Å². The average molecular weight is 525 g/mol. The summed E-state index contributed by atoms with van der Waals surface area (Å²) in [5.41, 5.74) is 1.20. The van der Waals surface area contributed by atoms with E-state index in [9.17, 15) is 9.90 Å². The van der Waals surface area contributed by atoms with E-state index in [2.05, 4.69) is 31.8 Å². The highest BCUT2D eigenvalue weighted by Gasteiger charge is 2.16. The van der Waals surface area contributed by atoms with Crippen LogP contribution in [-0.2, 0) is 14.3 Å². The van der Waals surface area contributed by atoms with Gasteiger partial charge in [-0.1, -0.05) is 6.07 Å². The molecule has 0 saturated carbocycles. The van der Waals surface area contributed by atoms with Gasteiger partial charge < -0.3 is 34.5 Å². The van der Waals surface area contributed by atoms with Gasteiger partial charge in [-0.2, -0.15) is 0 Å². The van der Waals surface area contributed by atoms with Crippen molar-refractivity contribution in [2.75, 3.05) is 38.7 Å². The number of esters is 1. The molecule has 0 spiro atoms. The van der Waals surface area contributed by atoms with E-state index in [0.29, 0.717) is 52.9 Å². The van der Waals surface area contributed by atoms with Crippen LogP contribution in [0.1, 0.15) is 39.7 Å². The fraction of sp³-hybridized carbons (Fsp3) is 0.407. The van der Waals surface area contributed by atoms with Crippen LogP contribution < -0.4 is 10.1 Å². The molecule has 204 valence electrons. The lowest BCUT2D eigenvalue weighted by Crippen LogP contribution is -2.28. The van der Waals surface area contributed by atoms with Gasteiger partial charge in [0.15, 0.2) is 18.4 Å². The molecule has 3 aromatic rings. The molecule has 0 amide bonds. The Morgan fingerprint density at radius 1 is 1.32 bits per heavy atom. The van der Waals surface area contributed by atoms with Gasteiger partial charge in [0, 0.05) is 32.4 Å². The van der Waals surface area contributed by atoms with Crippen LogP contribution in [0, 0.1) is 0 Å². The topological polar surface area (TPSA) is 134 Å². The summed E-state index contributed by atoms with van der Waals surface area (Å²) in [5, 5.41) is 14.5. The first-order valence-electron chi connectivity index (χ1n) is 12.4. The highest BCUT2D eigenvalue weighted by atomic mass is 16.6. The smallest absolute Gasteiger partial charge is 0.344 e. The Labute approximate surface area is 222 Å². The van der Waals surface area contributed by atoms with Crippen LogP contribution in [0.3, 0.4) is 0 Å². The van der Waals surface area contributed by atoms with Crippen molar-refractivity contribution in [3.05, 3.63) is 48.6 Å². The Balaban J connectivity index is 1.68. The van der Waals surface area contributed by atoms with Crippen LogP contribution in [0.2, 0.25) is 0 Å². The zero-order chi connectivity index (χ0) is 27.7. The number of aromatic amines is 1. The van der Waals surface area contributed by atoms with Crippen molar-refractivity contribution < 1.29 is 24.1 Å². The Hall–Kier alpha value is -4.28. The minimum atomic E-state index is -0.444. The van der Waals surface area contributed by atoms with E-state index in [1.54, 1.807) is 31.2 Å². The zero-order valence-electron chi connectivity index (χ0n) is 22.6. The highest BCUT2D eigenvalue weighted by molar-refractivity contribution is 6.06. The summed E-state index contributed by atoms with van der Waals surface area (Å²) >= 11 is 0. The maximum Gasteiger partial charge on any atom is 0.344 e. The van der Waals surface area contributed by atoms with Crippen molar-refractivity contribution >= 4 is 34.7 Å². The number of fused-ring (bicyclic) bond motifs is 1. The van der Waals surface area contributed by atoms with Crippen molar-refractivity contribution in [1.29, 1.82) is 0 Å².